The van der Waals surface area contributed by atoms with Crippen LogP contribution >= 0.6 is 11.6 Å². The van der Waals surface area contributed by atoms with E-state index in [2.05, 4.69) is 25.7 Å². The molecule has 0 spiro atoms. The van der Waals surface area contributed by atoms with Gasteiger partial charge in [-0.05, 0) is 41.5 Å². The Kier molecular flexibility index (Phi) is 6.79. The van der Waals surface area contributed by atoms with E-state index in [4.69, 9.17) is 16.3 Å². The van der Waals surface area contributed by atoms with Crippen LogP contribution in [0.1, 0.15) is 30.5 Å². The van der Waals surface area contributed by atoms with Crippen LogP contribution < -0.4 is 10.1 Å². The standard InChI is InChI=1S/C22H25ClN6O2/c1-2-31-21-10-6-4-8-17(21)13-28-14-18(29-15-25-26-27-29)11-20(28)22(30)24-12-16-7-3-5-9-19(16)23/h3-10,15,18,20H,2,11-14H2,1H3,(H,24,30)/t18-,20+/m1/s1. The zero-order valence-electron chi connectivity index (χ0n) is 17.3. The molecule has 8 nitrogen and oxygen atoms in total. The monoisotopic (exact) mass is 440 g/mol. The van der Waals surface area contributed by atoms with Crippen molar-refractivity contribution >= 4 is 17.5 Å². The van der Waals surface area contributed by atoms with Crippen molar-refractivity contribution in [3.63, 3.8) is 0 Å². The Bertz CT molecular complexity index is 1010. The summed E-state index contributed by atoms with van der Waals surface area (Å²) in [7, 11) is 0. The van der Waals surface area contributed by atoms with Crippen LogP contribution in [0.3, 0.4) is 0 Å². The molecule has 1 fully saturated rings. The van der Waals surface area contributed by atoms with Gasteiger partial charge in [-0.1, -0.05) is 48.0 Å². The number of benzene rings is 2. The van der Waals surface area contributed by atoms with Crippen molar-refractivity contribution in [2.75, 3.05) is 13.2 Å². The number of hydrogen-bond donors (Lipinski definition) is 1. The van der Waals surface area contributed by atoms with Gasteiger partial charge >= 0.3 is 0 Å². The van der Waals surface area contributed by atoms with Gasteiger partial charge in [-0.2, -0.15) is 0 Å². The number of tetrazole rings is 1. The second-order valence-electron chi connectivity index (χ2n) is 7.47. The fraction of sp³-hybridized carbons (Fsp3) is 0.364. The Labute approximate surface area is 186 Å². The molecule has 0 radical (unpaired) electrons. The number of likely N-dealkylation sites (tertiary alicyclic amines) is 1. The molecule has 1 amide bonds. The number of hydrogen-bond acceptors (Lipinski definition) is 6. The molecule has 0 unspecified atom stereocenters. The number of para-hydroxylation sites is 1. The third-order valence-electron chi connectivity index (χ3n) is 5.48. The van der Waals surface area contributed by atoms with E-state index in [0.29, 0.717) is 37.7 Å². The minimum Gasteiger partial charge on any atom is -0.494 e. The summed E-state index contributed by atoms with van der Waals surface area (Å²) in [6.45, 7) is 4.19. The van der Waals surface area contributed by atoms with E-state index < -0.39 is 0 Å². The van der Waals surface area contributed by atoms with E-state index in [1.54, 1.807) is 11.0 Å². The van der Waals surface area contributed by atoms with Gasteiger partial charge in [0.1, 0.15) is 12.1 Å². The molecule has 2 atom stereocenters. The van der Waals surface area contributed by atoms with E-state index in [0.717, 1.165) is 16.9 Å². The van der Waals surface area contributed by atoms with Crippen molar-refractivity contribution in [3.05, 3.63) is 71.0 Å². The number of nitrogens with zero attached hydrogens (tertiary/aromatic N) is 5. The molecule has 1 saturated heterocycles. The largest absolute Gasteiger partial charge is 0.494 e. The maximum absolute atomic E-state index is 13.2. The van der Waals surface area contributed by atoms with Gasteiger partial charge in [0, 0.05) is 30.2 Å². The third-order valence-corrected chi connectivity index (χ3v) is 5.85. The smallest absolute Gasteiger partial charge is 0.237 e. The summed E-state index contributed by atoms with van der Waals surface area (Å²) in [5.74, 6) is 0.801. The SMILES string of the molecule is CCOc1ccccc1CN1C[C@H](n2cnnn2)C[C@H]1C(=O)NCc1ccccc1Cl. The molecule has 9 heteroatoms. The summed E-state index contributed by atoms with van der Waals surface area (Å²) in [6.07, 6.45) is 2.22. The first kappa shape index (κ1) is 21.3. The van der Waals surface area contributed by atoms with Crippen molar-refractivity contribution in [3.8, 4) is 5.75 Å². The van der Waals surface area contributed by atoms with Gasteiger partial charge in [-0.3, -0.25) is 9.69 Å². The minimum atomic E-state index is -0.314. The van der Waals surface area contributed by atoms with Gasteiger partial charge in [0.2, 0.25) is 5.91 Å². The fourth-order valence-electron chi connectivity index (χ4n) is 3.95. The Hall–Kier alpha value is -2.97. The molecule has 0 saturated carbocycles. The summed E-state index contributed by atoms with van der Waals surface area (Å²) < 4.78 is 7.51. The highest BCUT2D eigenvalue weighted by Crippen LogP contribution is 2.30. The molecule has 1 aliphatic rings. The number of aromatic nitrogens is 4. The molecule has 2 aromatic carbocycles. The van der Waals surface area contributed by atoms with Crippen LogP contribution in [-0.2, 0) is 17.9 Å². The molecule has 31 heavy (non-hydrogen) atoms. The van der Waals surface area contributed by atoms with E-state index in [1.165, 1.54) is 0 Å². The zero-order valence-corrected chi connectivity index (χ0v) is 18.1. The van der Waals surface area contributed by atoms with Gasteiger partial charge in [0.25, 0.3) is 0 Å². The van der Waals surface area contributed by atoms with Crippen LogP contribution in [-0.4, -0.2) is 50.2 Å². The van der Waals surface area contributed by atoms with Crippen LogP contribution in [0.2, 0.25) is 5.02 Å². The predicted molar refractivity (Wildman–Crippen MR) is 117 cm³/mol. The molecule has 0 bridgehead atoms. The summed E-state index contributed by atoms with van der Waals surface area (Å²) in [6, 6.07) is 15.2. The van der Waals surface area contributed by atoms with Gasteiger partial charge in [0.15, 0.2) is 0 Å². The normalized spacial score (nSPS) is 18.8. The Balaban J connectivity index is 1.51. The van der Waals surface area contributed by atoms with E-state index in [1.807, 2.05) is 55.5 Å². The number of carbonyl (C=O) groups is 1. The zero-order chi connectivity index (χ0) is 21.6. The molecular weight excluding hydrogens is 416 g/mol. The first-order valence-corrected chi connectivity index (χ1v) is 10.7. The van der Waals surface area contributed by atoms with Gasteiger partial charge < -0.3 is 10.1 Å². The van der Waals surface area contributed by atoms with Crippen LogP contribution in [0, 0.1) is 0 Å². The molecule has 2 heterocycles. The number of rotatable bonds is 8. The number of nitrogens with one attached hydrogen (secondary N) is 1. The molecule has 162 valence electrons. The lowest BCUT2D eigenvalue weighted by atomic mass is 10.1. The molecule has 1 aliphatic heterocycles. The summed E-state index contributed by atoms with van der Waals surface area (Å²) >= 11 is 6.24. The third kappa shape index (κ3) is 5.03. The highest BCUT2D eigenvalue weighted by Gasteiger charge is 2.38. The summed E-state index contributed by atoms with van der Waals surface area (Å²) in [4.78, 5) is 15.3. The average molecular weight is 441 g/mol. The number of ether oxygens (including phenoxy) is 1. The summed E-state index contributed by atoms with van der Waals surface area (Å²) in [5, 5.41) is 15.2. The van der Waals surface area contributed by atoms with Crippen molar-refractivity contribution in [2.45, 2.75) is 38.5 Å². The van der Waals surface area contributed by atoms with Crippen LogP contribution in [0.25, 0.3) is 0 Å². The number of carbonyl (C=O) groups excluding carboxylic acids is 1. The minimum absolute atomic E-state index is 0.0188. The molecule has 0 aliphatic carbocycles. The number of halogens is 1. The quantitative estimate of drug-likeness (QED) is 0.579. The van der Waals surface area contributed by atoms with Crippen LogP contribution in [0.4, 0.5) is 0 Å². The lowest BCUT2D eigenvalue weighted by Crippen LogP contribution is -2.42. The first-order valence-electron chi connectivity index (χ1n) is 10.3. The van der Waals surface area contributed by atoms with Crippen molar-refractivity contribution in [2.24, 2.45) is 0 Å². The van der Waals surface area contributed by atoms with E-state index in [-0.39, 0.29) is 18.0 Å². The molecular formula is C22H25ClN6O2. The Morgan fingerprint density at radius 1 is 1.19 bits per heavy atom. The Morgan fingerprint density at radius 2 is 1.97 bits per heavy atom. The van der Waals surface area contributed by atoms with E-state index in [9.17, 15) is 4.79 Å². The highest BCUT2D eigenvalue weighted by atomic mass is 35.5. The second-order valence-corrected chi connectivity index (χ2v) is 7.88. The lowest BCUT2D eigenvalue weighted by Gasteiger charge is -2.24. The fourth-order valence-corrected chi connectivity index (χ4v) is 4.15. The molecule has 4 rings (SSSR count). The predicted octanol–water partition coefficient (Wildman–Crippen LogP) is 2.86. The van der Waals surface area contributed by atoms with Crippen molar-refractivity contribution in [1.29, 1.82) is 0 Å². The van der Waals surface area contributed by atoms with Crippen LogP contribution in [0.15, 0.2) is 54.9 Å². The molecule has 1 N–H and O–H groups in total. The van der Waals surface area contributed by atoms with Crippen molar-refractivity contribution < 1.29 is 9.53 Å². The maximum Gasteiger partial charge on any atom is 0.237 e. The van der Waals surface area contributed by atoms with Gasteiger partial charge in [-0.15, -0.1) is 5.10 Å². The van der Waals surface area contributed by atoms with Gasteiger partial charge in [-0.25, -0.2) is 4.68 Å². The number of amides is 1. The lowest BCUT2D eigenvalue weighted by molar-refractivity contribution is -0.125. The maximum atomic E-state index is 13.2. The van der Waals surface area contributed by atoms with Crippen molar-refractivity contribution in [1.82, 2.24) is 30.4 Å². The first-order chi connectivity index (χ1) is 15.2. The van der Waals surface area contributed by atoms with Crippen LogP contribution in [0.5, 0.6) is 5.75 Å². The molecule has 1 aromatic heterocycles. The van der Waals surface area contributed by atoms with E-state index >= 15 is 0 Å². The second kappa shape index (κ2) is 9.89. The topological polar surface area (TPSA) is 85.2 Å². The van der Waals surface area contributed by atoms with Gasteiger partial charge in [0.05, 0.1) is 18.7 Å². The molecule has 3 aromatic rings. The Morgan fingerprint density at radius 3 is 2.71 bits per heavy atom. The average Bonchev–Trinajstić information content (AvgIpc) is 3.45. The summed E-state index contributed by atoms with van der Waals surface area (Å²) in [5.41, 5.74) is 1.94. The highest BCUT2D eigenvalue weighted by molar-refractivity contribution is 6.31.